The maximum Gasteiger partial charge on any atom is 0.265 e. The summed E-state index contributed by atoms with van der Waals surface area (Å²) in [5.41, 5.74) is 3.64. The second-order valence-electron chi connectivity index (χ2n) is 7.37. The first-order chi connectivity index (χ1) is 16.2. The molecule has 1 unspecified atom stereocenters. The molecular weight excluding hydrogens is 416 g/mol. The topological polar surface area (TPSA) is 94.3 Å². The van der Waals surface area contributed by atoms with E-state index in [0.29, 0.717) is 28.6 Å². The quantitative estimate of drug-likeness (QED) is 0.427. The first-order valence-corrected chi connectivity index (χ1v) is 10.4. The summed E-state index contributed by atoms with van der Waals surface area (Å²) in [5, 5.41) is 16.0. The zero-order valence-corrected chi connectivity index (χ0v) is 17.8. The number of hydrogen-bond donors (Lipinski definition) is 1. The van der Waals surface area contributed by atoms with Crippen LogP contribution in [0.2, 0.25) is 0 Å². The van der Waals surface area contributed by atoms with E-state index in [4.69, 9.17) is 9.84 Å². The van der Waals surface area contributed by atoms with Gasteiger partial charge in [0.1, 0.15) is 11.4 Å². The third-order valence-electron chi connectivity index (χ3n) is 5.03. The molecule has 5 aromatic rings. The number of rotatable bonds is 6. The van der Waals surface area contributed by atoms with Gasteiger partial charge in [-0.1, -0.05) is 36.4 Å². The van der Waals surface area contributed by atoms with Crippen LogP contribution in [0, 0.1) is 0 Å². The number of carbonyl (C=O) groups is 1. The van der Waals surface area contributed by atoms with Gasteiger partial charge in [0.15, 0.2) is 11.8 Å². The summed E-state index contributed by atoms with van der Waals surface area (Å²) in [6.07, 6.45) is 1.08. The number of carbonyl (C=O) groups excluding carboxylic acids is 1. The highest BCUT2D eigenvalue weighted by molar-refractivity contribution is 5.94. The average Bonchev–Trinajstić information content (AvgIpc) is 3.29. The Labute approximate surface area is 189 Å². The number of pyridine rings is 1. The molecule has 2 aromatic carbocycles. The zero-order valence-electron chi connectivity index (χ0n) is 17.8. The molecule has 0 aliphatic carbocycles. The molecular formula is C25H20N6O2. The molecule has 0 saturated heterocycles. The van der Waals surface area contributed by atoms with Crippen LogP contribution in [0.15, 0.2) is 91.1 Å². The highest BCUT2D eigenvalue weighted by Crippen LogP contribution is 2.22. The largest absolute Gasteiger partial charge is 0.481 e. The lowest BCUT2D eigenvalue weighted by Crippen LogP contribution is -2.30. The molecule has 3 heterocycles. The van der Waals surface area contributed by atoms with Crippen molar-refractivity contribution >= 4 is 17.2 Å². The van der Waals surface area contributed by atoms with E-state index in [2.05, 4.69) is 20.5 Å². The predicted octanol–water partition coefficient (Wildman–Crippen LogP) is 4.26. The fraction of sp³-hybridized carbons (Fsp3) is 0.0800. The number of ether oxygens (including phenoxy) is 1. The summed E-state index contributed by atoms with van der Waals surface area (Å²) in [6.45, 7) is 1.72. The van der Waals surface area contributed by atoms with Gasteiger partial charge in [0, 0.05) is 17.4 Å². The van der Waals surface area contributed by atoms with Crippen LogP contribution in [0.25, 0.3) is 28.4 Å². The minimum absolute atomic E-state index is 0.226. The molecule has 1 atom stereocenters. The van der Waals surface area contributed by atoms with Crippen molar-refractivity contribution in [2.45, 2.75) is 13.0 Å². The van der Waals surface area contributed by atoms with Crippen molar-refractivity contribution in [1.29, 1.82) is 0 Å². The van der Waals surface area contributed by atoms with Crippen molar-refractivity contribution in [3.63, 3.8) is 0 Å². The third-order valence-corrected chi connectivity index (χ3v) is 5.03. The maximum atomic E-state index is 12.5. The molecule has 0 aliphatic heterocycles. The van der Waals surface area contributed by atoms with Crippen molar-refractivity contribution in [3.05, 3.63) is 91.1 Å². The van der Waals surface area contributed by atoms with Crippen molar-refractivity contribution < 1.29 is 9.53 Å². The monoisotopic (exact) mass is 436 g/mol. The SMILES string of the molecule is CC(Oc1ccccc1)C(=O)Nc1ccc(-c2ccc3nnc(-c4ccccn4)n3n2)cc1. The Kier molecular flexibility index (Phi) is 5.47. The molecule has 0 aliphatic rings. The Balaban J connectivity index is 1.32. The van der Waals surface area contributed by atoms with E-state index in [0.717, 1.165) is 11.3 Å². The molecule has 0 fully saturated rings. The molecule has 8 heteroatoms. The minimum atomic E-state index is -0.630. The van der Waals surface area contributed by atoms with Gasteiger partial charge in [-0.15, -0.1) is 10.2 Å². The second kappa shape index (κ2) is 8.88. The molecule has 8 nitrogen and oxygen atoms in total. The highest BCUT2D eigenvalue weighted by atomic mass is 16.5. The summed E-state index contributed by atoms with van der Waals surface area (Å²) in [5.74, 6) is 0.996. The molecule has 1 N–H and O–H groups in total. The van der Waals surface area contributed by atoms with Crippen LogP contribution in [0.5, 0.6) is 5.75 Å². The minimum Gasteiger partial charge on any atom is -0.481 e. The number of para-hydroxylation sites is 1. The van der Waals surface area contributed by atoms with Crippen molar-refractivity contribution in [2.75, 3.05) is 5.32 Å². The van der Waals surface area contributed by atoms with Crippen molar-refractivity contribution in [3.8, 4) is 28.5 Å². The molecule has 1 amide bonds. The third kappa shape index (κ3) is 4.40. The second-order valence-corrected chi connectivity index (χ2v) is 7.37. The molecule has 0 bridgehead atoms. The van der Waals surface area contributed by atoms with Gasteiger partial charge in [-0.3, -0.25) is 9.78 Å². The van der Waals surface area contributed by atoms with E-state index >= 15 is 0 Å². The van der Waals surface area contributed by atoms with Crippen molar-refractivity contribution in [1.82, 2.24) is 24.8 Å². The van der Waals surface area contributed by atoms with E-state index < -0.39 is 6.10 Å². The summed E-state index contributed by atoms with van der Waals surface area (Å²) >= 11 is 0. The molecule has 162 valence electrons. The van der Waals surface area contributed by atoms with Gasteiger partial charge in [0.05, 0.1) is 5.69 Å². The van der Waals surface area contributed by atoms with Crippen LogP contribution < -0.4 is 10.1 Å². The Hall–Kier alpha value is -4.59. The van der Waals surface area contributed by atoms with Crippen LogP contribution in [0.1, 0.15) is 6.92 Å². The van der Waals surface area contributed by atoms with Gasteiger partial charge in [0.25, 0.3) is 5.91 Å². The molecule has 5 rings (SSSR count). The van der Waals surface area contributed by atoms with Gasteiger partial charge in [-0.05, 0) is 55.5 Å². The molecule has 0 spiro atoms. The predicted molar refractivity (Wildman–Crippen MR) is 125 cm³/mol. The average molecular weight is 436 g/mol. The van der Waals surface area contributed by atoms with Crippen LogP contribution in [-0.4, -0.2) is 36.8 Å². The van der Waals surface area contributed by atoms with Gasteiger partial charge in [0.2, 0.25) is 5.82 Å². The maximum absolute atomic E-state index is 12.5. The number of amides is 1. The molecule has 33 heavy (non-hydrogen) atoms. The van der Waals surface area contributed by atoms with Gasteiger partial charge >= 0.3 is 0 Å². The number of benzene rings is 2. The fourth-order valence-corrected chi connectivity index (χ4v) is 3.32. The van der Waals surface area contributed by atoms with Gasteiger partial charge in [-0.25, -0.2) is 0 Å². The lowest BCUT2D eigenvalue weighted by Gasteiger charge is -2.14. The summed E-state index contributed by atoms with van der Waals surface area (Å²) in [4.78, 5) is 16.8. The Morgan fingerprint density at radius 1 is 0.879 bits per heavy atom. The number of anilines is 1. The normalized spacial score (nSPS) is 11.8. The molecule has 0 saturated carbocycles. The number of aromatic nitrogens is 5. The first-order valence-electron chi connectivity index (χ1n) is 10.4. The lowest BCUT2D eigenvalue weighted by atomic mass is 10.1. The van der Waals surface area contributed by atoms with E-state index in [1.165, 1.54) is 0 Å². The standard InChI is InChI=1S/C25H20N6O2/c1-17(33-20-7-3-2-4-8-20)25(32)27-19-12-10-18(11-13-19)21-14-15-23-28-29-24(31(23)30-21)22-9-5-6-16-26-22/h2-17H,1H3,(H,27,32). The summed E-state index contributed by atoms with van der Waals surface area (Å²) in [7, 11) is 0. The van der Waals surface area contributed by atoms with Crippen molar-refractivity contribution in [2.24, 2.45) is 0 Å². The molecule has 3 aromatic heterocycles. The first kappa shape index (κ1) is 20.3. The van der Waals surface area contributed by atoms with Crippen LogP contribution in [0.4, 0.5) is 5.69 Å². The lowest BCUT2D eigenvalue weighted by molar-refractivity contribution is -0.122. The Bertz CT molecular complexity index is 1390. The Morgan fingerprint density at radius 3 is 2.42 bits per heavy atom. The summed E-state index contributed by atoms with van der Waals surface area (Å²) in [6, 6.07) is 26.1. The number of nitrogens with zero attached hydrogens (tertiary/aromatic N) is 5. The highest BCUT2D eigenvalue weighted by Gasteiger charge is 2.15. The summed E-state index contributed by atoms with van der Waals surface area (Å²) < 4.78 is 7.36. The van der Waals surface area contributed by atoms with Gasteiger partial charge in [-0.2, -0.15) is 9.61 Å². The number of nitrogens with one attached hydrogen (secondary N) is 1. The van der Waals surface area contributed by atoms with E-state index in [1.807, 2.05) is 84.9 Å². The smallest absolute Gasteiger partial charge is 0.265 e. The van der Waals surface area contributed by atoms with Crippen LogP contribution in [0.3, 0.4) is 0 Å². The number of hydrogen-bond acceptors (Lipinski definition) is 6. The zero-order chi connectivity index (χ0) is 22.6. The molecule has 0 radical (unpaired) electrons. The Morgan fingerprint density at radius 2 is 1.67 bits per heavy atom. The van der Waals surface area contributed by atoms with E-state index in [-0.39, 0.29) is 5.91 Å². The number of fused-ring (bicyclic) bond motifs is 1. The van der Waals surface area contributed by atoms with E-state index in [9.17, 15) is 4.79 Å². The van der Waals surface area contributed by atoms with Crippen LogP contribution >= 0.6 is 0 Å². The van der Waals surface area contributed by atoms with E-state index in [1.54, 1.807) is 17.6 Å². The van der Waals surface area contributed by atoms with Crippen LogP contribution in [-0.2, 0) is 4.79 Å². The van der Waals surface area contributed by atoms with Gasteiger partial charge < -0.3 is 10.1 Å². The fourth-order valence-electron chi connectivity index (χ4n) is 3.32.